The van der Waals surface area contributed by atoms with E-state index in [9.17, 15) is 57.8 Å². The molecule has 0 unspecified atom stereocenters. The number of carbonyl (C=O) groups excluding carboxylic acids is 4. The van der Waals surface area contributed by atoms with Gasteiger partial charge in [-0.25, -0.2) is 24.3 Å². The summed E-state index contributed by atoms with van der Waals surface area (Å²) < 4.78 is 65.1. The topological polar surface area (TPSA) is 240 Å². The Labute approximate surface area is 712 Å². The van der Waals surface area contributed by atoms with Crippen LogP contribution < -0.4 is 9.47 Å². The highest BCUT2D eigenvalue weighted by Crippen LogP contribution is 2.41. The van der Waals surface area contributed by atoms with Gasteiger partial charge in [0.05, 0.1) is 87.8 Å². The van der Waals surface area contributed by atoms with Crippen LogP contribution in [0.25, 0.3) is 78.4 Å². The van der Waals surface area contributed by atoms with Gasteiger partial charge in [-0.1, -0.05) is 235 Å². The average molecular weight is 1680 g/mol. The summed E-state index contributed by atoms with van der Waals surface area (Å²) in [6.45, 7) is 6.50. The molecule has 604 valence electrons. The van der Waals surface area contributed by atoms with Crippen molar-refractivity contribution >= 4 is 70.4 Å². The molecule has 0 aliphatic carbocycles. The predicted octanol–water partition coefficient (Wildman–Crippen LogP) is 21.8. The summed E-state index contributed by atoms with van der Waals surface area (Å²) in [4.78, 5) is 71.3. The number of nitriles is 4. The van der Waals surface area contributed by atoms with Gasteiger partial charge in [0.15, 0.2) is 0 Å². The smallest absolute Gasteiger partial charge is 0.417 e. The first kappa shape index (κ1) is 88.1. The molecule has 24 heteroatoms. The van der Waals surface area contributed by atoms with E-state index in [4.69, 9.17) is 19.4 Å². The summed E-state index contributed by atoms with van der Waals surface area (Å²) in [6.07, 6.45) is 1.87. The Morgan fingerprint density at radius 1 is 0.400 bits per heavy atom. The highest BCUT2D eigenvalue weighted by molar-refractivity contribution is 8.00. The fourth-order valence-corrected chi connectivity index (χ4v) is 16.6. The van der Waals surface area contributed by atoms with E-state index in [-0.39, 0.29) is 62.9 Å². The second-order valence-corrected chi connectivity index (χ2v) is 31.6. The van der Waals surface area contributed by atoms with Crippen LogP contribution in [-0.2, 0) is 31.8 Å². The molecule has 6 heterocycles. The lowest BCUT2D eigenvalue weighted by atomic mass is 9.99. The third kappa shape index (κ3) is 24.3. The molecular weight excluding hydrogens is 1590 g/mol. The van der Waals surface area contributed by atoms with Crippen molar-refractivity contribution < 1.29 is 46.2 Å². The van der Waals surface area contributed by atoms with Crippen molar-refractivity contribution in [3.05, 3.63) is 287 Å². The van der Waals surface area contributed by atoms with E-state index < -0.39 is 17.3 Å². The molecule has 16 nitrogen and oxygen atoms in total. The summed E-state index contributed by atoms with van der Waals surface area (Å²) in [5, 5.41) is 40.6. The molecule has 8 aromatic carbocycles. The van der Waals surface area contributed by atoms with Gasteiger partial charge < -0.3 is 19.3 Å². The molecule has 2 saturated heterocycles. The number of nitrogens with zero attached hydrogens (tertiary/aromatic N) is 10. The zero-order valence-electron chi connectivity index (χ0n) is 66.3. The van der Waals surface area contributed by atoms with E-state index in [1.54, 1.807) is 73.7 Å². The van der Waals surface area contributed by atoms with Crippen molar-refractivity contribution in [3.63, 3.8) is 0 Å². The standard InChI is InChI=1S/C28H21FN2OS.C26H25N3O2S.C22H18N2O2S.C20H18F3N3OS/c1-19-10-12-20(13-11-19)14-24(32)18-33-28-26(17-30)25(22-8-5-9-23(29)15-22)16-27(31-28)21-6-3-2-4-7-21;1-31-21-12-10-19(11-13-21)22-16-24(20-8-4-2-5-9-20)28-26(23(22)17-27)32-18-25(30)29-14-6-3-7-15-29;1-15(25)14-27-22-20(13-23)19(16-8-10-18(26-2)11-9-16)12-21(24-22)17-6-4-3-5-7-17;21-20(22,23)16-11-17(14-7-3-1-4-8-14)25-19(15(16)12-24)28-13-18(27)26-9-5-2-6-10-26/h2-13,15-16H,14,18H2,1H3;2,4-5,8-13,16H,3,6-7,14-15,18H2,1H3;3-12H,14H2,1-2H3;1,3-4,7-8,11H,2,5-6,9-10,13H2. The van der Waals surface area contributed by atoms with Crippen molar-refractivity contribution in [2.75, 3.05) is 63.4 Å². The lowest BCUT2D eigenvalue weighted by molar-refractivity contribution is -0.138. The van der Waals surface area contributed by atoms with Crippen molar-refractivity contribution in [1.82, 2.24) is 29.7 Å². The first-order chi connectivity index (χ1) is 58.2. The number of methoxy groups -OCH3 is 2. The van der Waals surface area contributed by atoms with Crippen LogP contribution in [0.3, 0.4) is 0 Å². The molecule has 120 heavy (non-hydrogen) atoms. The summed E-state index contributed by atoms with van der Waals surface area (Å²) in [5.41, 5.74) is 12.1. The molecule has 0 bridgehead atoms. The van der Waals surface area contributed by atoms with E-state index in [0.29, 0.717) is 73.7 Å². The number of Topliss-reactive ketones (excluding diaryl/α,β-unsaturated/α-hetero) is 2. The van der Waals surface area contributed by atoms with Crippen molar-refractivity contribution in [3.8, 4) is 114 Å². The maximum atomic E-state index is 13.9. The Morgan fingerprint density at radius 2 is 0.742 bits per heavy atom. The summed E-state index contributed by atoms with van der Waals surface area (Å²) >= 11 is 4.78. The van der Waals surface area contributed by atoms with Crippen LogP contribution in [0.4, 0.5) is 17.6 Å². The lowest BCUT2D eigenvalue weighted by Crippen LogP contribution is -2.36. The summed E-state index contributed by atoms with van der Waals surface area (Å²) in [6, 6.07) is 82.0. The highest BCUT2D eigenvalue weighted by atomic mass is 32.2. The number of halogens is 4. The first-order valence-electron chi connectivity index (χ1n) is 38.5. The van der Waals surface area contributed by atoms with Crippen LogP contribution in [0.1, 0.15) is 84.4 Å². The number of rotatable bonds is 23. The molecule has 14 rings (SSSR count). The highest BCUT2D eigenvalue weighted by Gasteiger charge is 2.37. The van der Waals surface area contributed by atoms with Gasteiger partial charge in [0, 0.05) is 71.5 Å². The van der Waals surface area contributed by atoms with Gasteiger partial charge in [-0.05, 0) is 135 Å². The lowest BCUT2D eigenvalue weighted by Gasteiger charge is -2.26. The number of aromatic nitrogens is 4. The van der Waals surface area contributed by atoms with Gasteiger partial charge in [-0.2, -0.15) is 34.2 Å². The molecule has 0 radical (unpaired) electrons. The van der Waals surface area contributed by atoms with Crippen molar-refractivity contribution in [2.45, 2.75) is 85.1 Å². The number of carbonyl (C=O) groups is 4. The number of ether oxygens (including phenoxy) is 2. The van der Waals surface area contributed by atoms with Crippen molar-refractivity contribution in [1.29, 1.82) is 21.0 Å². The molecule has 2 amide bonds. The number of aryl methyl sites for hydroxylation is 1. The number of ketones is 2. The molecule has 0 spiro atoms. The first-order valence-corrected chi connectivity index (χ1v) is 42.5. The van der Waals surface area contributed by atoms with E-state index >= 15 is 0 Å². The molecule has 2 aliphatic heterocycles. The number of thioether (sulfide) groups is 4. The summed E-state index contributed by atoms with van der Waals surface area (Å²) in [5.74, 6) is 1.89. The SMILES string of the molecule is COc1ccc(-c2cc(-c3ccccc3)nc(SCC(=O)N3CCCCC3)c2C#N)cc1.COc1ccc(-c2cc(-c3ccccc3)nc(SCC(C)=O)c2C#N)cc1.Cc1ccc(CC(=O)CSc2nc(-c3ccccc3)cc(-c3cccc(F)c3)c2C#N)cc1.N#Cc1c(C(F)(F)F)cc(-c2ccccc2)nc1SCC(=O)N1CCCCC1. The molecule has 2 fully saturated rings. The zero-order chi connectivity index (χ0) is 84.9. The van der Waals surface area contributed by atoms with Crippen LogP contribution in [0.15, 0.2) is 263 Å². The van der Waals surface area contributed by atoms with Gasteiger partial charge in [0.25, 0.3) is 0 Å². The van der Waals surface area contributed by atoms with Crippen molar-refractivity contribution in [2.24, 2.45) is 0 Å². The van der Waals surface area contributed by atoms with Crippen LogP contribution in [0.5, 0.6) is 11.5 Å². The molecule has 2 aliphatic rings. The fraction of sp³-hybridized carbons (Fsp3) is 0.208. The number of hydrogen-bond acceptors (Lipinski definition) is 18. The molecule has 0 N–H and O–H groups in total. The Balaban J connectivity index is 0.000000157. The number of likely N-dealkylation sites (tertiary alicyclic amines) is 2. The van der Waals surface area contributed by atoms with Crippen LogP contribution in [-0.4, -0.2) is 117 Å². The molecule has 12 aromatic rings. The number of pyridine rings is 4. The molecule has 4 aromatic heterocycles. The quantitative estimate of drug-likeness (QED) is 0.0427. The third-order valence-electron chi connectivity index (χ3n) is 19.3. The number of benzene rings is 8. The van der Waals surface area contributed by atoms with E-state index in [1.807, 2.05) is 188 Å². The monoisotopic (exact) mass is 1670 g/mol. The fourth-order valence-electron chi connectivity index (χ4n) is 13.1. The normalized spacial score (nSPS) is 12.2. The van der Waals surface area contributed by atoms with Gasteiger partial charge in [0.2, 0.25) is 11.8 Å². The predicted molar refractivity (Wildman–Crippen MR) is 466 cm³/mol. The number of piperidine rings is 2. The number of hydrogen-bond donors (Lipinski definition) is 0. The number of amides is 2. The van der Waals surface area contributed by atoms with Crippen LogP contribution in [0, 0.1) is 58.1 Å². The molecule has 0 atom stereocenters. The zero-order valence-corrected chi connectivity index (χ0v) is 69.5. The second kappa shape index (κ2) is 43.7. The third-order valence-corrected chi connectivity index (χ3v) is 23.4. The van der Waals surface area contributed by atoms with Gasteiger partial charge >= 0.3 is 6.18 Å². The van der Waals surface area contributed by atoms with Gasteiger partial charge in [0.1, 0.15) is 73.3 Å². The van der Waals surface area contributed by atoms with Crippen LogP contribution in [0.2, 0.25) is 0 Å². The summed E-state index contributed by atoms with van der Waals surface area (Å²) in [7, 11) is 3.25. The van der Waals surface area contributed by atoms with Gasteiger partial charge in [-0.15, -0.1) is 0 Å². The Hall–Kier alpha value is -12.7. The van der Waals surface area contributed by atoms with Crippen LogP contribution >= 0.6 is 47.0 Å². The minimum absolute atomic E-state index is 0.0433. The molecular formula is C96H82F4N10O6S4. The minimum Gasteiger partial charge on any atom is -0.497 e. The van der Waals surface area contributed by atoms with E-state index in [2.05, 4.69) is 28.2 Å². The molecule has 0 saturated carbocycles. The Morgan fingerprint density at radius 3 is 1.09 bits per heavy atom. The van der Waals surface area contributed by atoms with Gasteiger partial charge in [-0.3, -0.25) is 19.2 Å². The maximum Gasteiger partial charge on any atom is 0.417 e. The Kier molecular flexibility index (Phi) is 32.1. The Bertz CT molecular complexity index is 5740. The number of alkyl halides is 3. The second-order valence-electron chi connectivity index (χ2n) is 27.8. The van der Waals surface area contributed by atoms with E-state index in [1.165, 1.54) is 60.8 Å². The average Bonchev–Trinajstić information content (AvgIpc) is 0.899. The minimum atomic E-state index is -4.69. The maximum absolute atomic E-state index is 13.9. The van der Waals surface area contributed by atoms with E-state index in [0.717, 1.165) is 136 Å². The largest absolute Gasteiger partial charge is 0.497 e.